The second-order valence-corrected chi connectivity index (χ2v) is 10.3. The number of nitrogens with zero attached hydrogens (tertiary/aromatic N) is 3. The van der Waals surface area contributed by atoms with E-state index in [-0.39, 0.29) is 46.7 Å². The minimum atomic E-state index is 0. The molecule has 1 aliphatic carbocycles. The average molecular weight is 682 g/mol. The van der Waals surface area contributed by atoms with Crippen LogP contribution in [0.4, 0.5) is 11.4 Å². The number of fused-ring (bicyclic) bond motifs is 1. The van der Waals surface area contributed by atoms with Crippen LogP contribution in [0, 0.1) is 14.9 Å². The van der Waals surface area contributed by atoms with Crippen LogP contribution < -0.4 is 0 Å². The number of hydrogen-bond donors (Lipinski definition) is 0. The quantitative estimate of drug-likeness (QED) is 0.135. The van der Waals surface area contributed by atoms with E-state index < -0.39 is 0 Å². The van der Waals surface area contributed by atoms with Crippen LogP contribution in [-0.4, -0.2) is 4.98 Å². The number of benzene rings is 3. The fourth-order valence-corrected chi connectivity index (χ4v) is 5.28. The van der Waals surface area contributed by atoms with Gasteiger partial charge >= 0.3 is 25.8 Å². The zero-order chi connectivity index (χ0) is 25.1. The maximum Gasteiger partial charge on any atom is 4.00 e. The van der Waals surface area contributed by atoms with Gasteiger partial charge in [-0.1, -0.05) is 131 Å². The monoisotopic (exact) mass is 683 g/mol. The van der Waals surface area contributed by atoms with Crippen molar-refractivity contribution in [3.8, 4) is 11.3 Å². The molecule has 4 heteroatoms. The molecule has 0 radical (unpaired) electrons. The summed E-state index contributed by atoms with van der Waals surface area (Å²) in [7, 11) is 0. The molecule has 1 unspecified atom stereocenters. The Morgan fingerprint density at radius 1 is 0.769 bits per heavy atom. The summed E-state index contributed by atoms with van der Waals surface area (Å²) in [5, 5.41) is 10.2. The molecule has 1 atom stereocenters. The van der Waals surface area contributed by atoms with Crippen molar-refractivity contribution in [3.63, 3.8) is 0 Å². The van der Waals surface area contributed by atoms with E-state index in [1.165, 1.54) is 27.8 Å². The number of aromatic nitrogens is 1. The Morgan fingerprint density at radius 2 is 1.41 bits per heavy atom. The predicted octanol–water partition coefficient (Wildman–Crippen LogP) is 10.8. The van der Waals surface area contributed by atoms with Crippen molar-refractivity contribution < 1.29 is 25.8 Å². The van der Waals surface area contributed by atoms with Gasteiger partial charge in [-0.15, -0.1) is 11.4 Å². The molecule has 1 heterocycles. The van der Waals surface area contributed by atoms with Gasteiger partial charge in [-0.3, -0.25) is 4.98 Å². The largest absolute Gasteiger partial charge is 4.00 e. The van der Waals surface area contributed by atoms with Crippen molar-refractivity contribution in [1.29, 1.82) is 0 Å². The summed E-state index contributed by atoms with van der Waals surface area (Å²) in [5.41, 5.74) is 10.7. The van der Waals surface area contributed by atoms with Gasteiger partial charge in [-0.25, -0.2) is 0 Å². The molecule has 200 valence electrons. The molecule has 0 bridgehead atoms. The van der Waals surface area contributed by atoms with Gasteiger partial charge in [0.2, 0.25) is 0 Å². The number of hydrogen-bond acceptors (Lipinski definition) is 1. The van der Waals surface area contributed by atoms with E-state index in [0.29, 0.717) is 18.4 Å². The van der Waals surface area contributed by atoms with E-state index in [4.69, 9.17) is 15.6 Å². The zero-order valence-corrected chi connectivity index (χ0v) is 27.9. The van der Waals surface area contributed by atoms with Crippen LogP contribution in [0.15, 0.2) is 84.9 Å². The fourth-order valence-electron chi connectivity index (χ4n) is 5.28. The van der Waals surface area contributed by atoms with Gasteiger partial charge in [-0.2, -0.15) is 0 Å². The number of rotatable bonds is 8. The summed E-state index contributed by atoms with van der Waals surface area (Å²) in [6.07, 6.45) is 2.10. The SMILES string of the molecule is CC(C)c1cccc(C(C)C)c1[N-]Cc1cccc(-c2cccc3c2C([N-]c2ccccc2)CC3)n1.[CH3-].[CH3-].[Hf+4]. The molecule has 0 spiro atoms. The molecule has 0 N–H and O–H groups in total. The molecule has 3 nitrogen and oxygen atoms in total. The summed E-state index contributed by atoms with van der Waals surface area (Å²) in [5.74, 6) is 0.859. The summed E-state index contributed by atoms with van der Waals surface area (Å²) < 4.78 is 0. The third kappa shape index (κ3) is 7.28. The van der Waals surface area contributed by atoms with Crippen molar-refractivity contribution in [2.75, 3.05) is 0 Å². The van der Waals surface area contributed by atoms with E-state index in [1.807, 2.05) is 6.07 Å². The van der Waals surface area contributed by atoms with Crippen LogP contribution in [0.1, 0.15) is 79.9 Å². The first kappa shape index (κ1) is 32.5. The minimum absolute atomic E-state index is 0. The molecule has 0 aliphatic heterocycles. The van der Waals surface area contributed by atoms with E-state index in [1.54, 1.807) is 0 Å². The molecular formula is C35H41HfN3. The summed E-state index contributed by atoms with van der Waals surface area (Å²) in [6.45, 7) is 9.53. The van der Waals surface area contributed by atoms with Crippen LogP contribution in [0.5, 0.6) is 0 Å². The number of aryl methyl sites for hydroxylation is 1. The molecule has 0 saturated heterocycles. The van der Waals surface area contributed by atoms with Gasteiger partial charge in [0.15, 0.2) is 0 Å². The van der Waals surface area contributed by atoms with Gasteiger partial charge in [0.1, 0.15) is 0 Å². The Kier molecular flexibility index (Phi) is 12.2. The Labute approximate surface area is 255 Å². The minimum Gasteiger partial charge on any atom is -0.679 e. The predicted molar refractivity (Wildman–Crippen MR) is 164 cm³/mol. The van der Waals surface area contributed by atoms with Crippen LogP contribution in [-0.2, 0) is 38.8 Å². The third-order valence-corrected chi connectivity index (χ3v) is 7.10. The van der Waals surface area contributed by atoms with Crippen molar-refractivity contribution >= 4 is 11.4 Å². The van der Waals surface area contributed by atoms with Crippen molar-refractivity contribution in [3.05, 3.63) is 138 Å². The van der Waals surface area contributed by atoms with Crippen LogP contribution in [0.3, 0.4) is 0 Å². The second-order valence-electron chi connectivity index (χ2n) is 10.3. The molecule has 3 aromatic carbocycles. The second kappa shape index (κ2) is 14.6. The Balaban J connectivity index is 0.00000178. The maximum absolute atomic E-state index is 5.12. The van der Waals surface area contributed by atoms with Gasteiger partial charge < -0.3 is 25.5 Å². The van der Waals surface area contributed by atoms with Gasteiger partial charge in [-0.05, 0) is 41.5 Å². The van der Waals surface area contributed by atoms with Crippen LogP contribution in [0.25, 0.3) is 21.9 Å². The topological polar surface area (TPSA) is 41.1 Å². The molecule has 0 amide bonds. The normalized spacial score (nSPS) is 13.6. The van der Waals surface area contributed by atoms with Crippen molar-refractivity contribution in [2.24, 2.45) is 0 Å². The molecule has 5 rings (SSSR count). The van der Waals surface area contributed by atoms with Crippen molar-refractivity contribution in [2.45, 2.75) is 65.0 Å². The molecule has 0 fully saturated rings. The standard InChI is InChI=1S/C33H35N3.2CH3.Hf/c1-22(2)27-15-10-16-28(23(3)4)33(27)34-21-26-14-9-18-30(36-26)29-17-8-11-24-19-20-31(32(24)29)35-25-12-6-5-7-13-25;;;/h5-18,22-23,31H,19-21H2,1-4H3;2*1H3;/q-2;2*-1;+4. The van der Waals surface area contributed by atoms with Gasteiger partial charge in [0, 0.05) is 11.3 Å². The Hall–Kier alpha value is -2.72. The smallest absolute Gasteiger partial charge is 0.679 e. The third-order valence-electron chi connectivity index (χ3n) is 7.10. The van der Waals surface area contributed by atoms with Crippen LogP contribution in [0.2, 0.25) is 0 Å². The van der Waals surface area contributed by atoms with E-state index in [0.717, 1.165) is 35.6 Å². The molecule has 39 heavy (non-hydrogen) atoms. The Bertz CT molecular complexity index is 1300. The Morgan fingerprint density at radius 3 is 2.08 bits per heavy atom. The zero-order valence-electron chi connectivity index (χ0n) is 24.3. The van der Waals surface area contributed by atoms with Gasteiger partial charge in [0.05, 0.1) is 5.69 Å². The first-order valence-electron chi connectivity index (χ1n) is 13.2. The number of pyridine rings is 1. The molecule has 1 aliphatic rings. The molecule has 4 aromatic rings. The van der Waals surface area contributed by atoms with Crippen molar-refractivity contribution in [1.82, 2.24) is 4.98 Å². The first-order valence-corrected chi connectivity index (χ1v) is 13.2. The van der Waals surface area contributed by atoms with Gasteiger partial charge in [0.25, 0.3) is 0 Å². The van der Waals surface area contributed by atoms with Crippen LogP contribution >= 0.6 is 0 Å². The molecule has 1 aromatic heterocycles. The molecule has 0 saturated carbocycles. The van der Waals surface area contributed by atoms with E-state index >= 15 is 0 Å². The summed E-state index contributed by atoms with van der Waals surface area (Å²) >= 11 is 0. The number of para-hydroxylation sites is 2. The van der Waals surface area contributed by atoms with E-state index in [9.17, 15) is 0 Å². The summed E-state index contributed by atoms with van der Waals surface area (Å²) in [6, 6.07) is 30.0. The first-order chi connectivity index (χ1) is 17.5. The maximum atomic E-state index is 5.12. The van der Waals surface area contributed by atoms with E-state index in [2.05, 4.69) is 107 Å². The summed E-state index contributed by atoms with van der Waals surface area (Å²) in [4.78, 5) is 5.09. The average Bonchev–Trinajstić information content (AvgIpc) is 3.30. The fraction of sp³-hybridized carbons (Fsp3) is 0.286. The molecular weight excluding hydrogens is 641 g/mol.